The van der Waals surface area contributed by atoms with E-state index in [1.165, 1.54) is 17.4 Å². The van der Waals surface area contributed by atoms with Gasteiger partial charge in [-0.15, -0.1) is 11.3 Å². The van der Waals surface area contributed by atoms with Gasteiger partial charge in [-0.05, 0) is 49.2 Å². The summed E-state index contributed by atoms with van der Waals surface area (Å²) in [6.07, 6.45) is -0.537. The first-order valence-electron chi connectivity index (χ1n) is 11.1. The summed E-state index contributed by atoms with van der Waals surface area (Å²) in [7, 11) is 1.45. The van der Waals surface area contributed by atoms with Crippen LogP contribution >= 0.6 is 11.3 Å². The van der Waals surface area contributed by atoms with E-state index >= 15 is 0 Å². The minimum atomic E-state index is -0.884. The molecule has 0 aliphatic carbocycles. The fourth-order valence-electron chi connectivity index (χ4n) is 3.86. The molecule has 0 aliphatic heterocycles. The molecule has 3 N–H and O–H groups in total. The van der Waals surface area contributed by atoms with Gasteiger partial charge in [0.15, 0.2) is 23.9 Å². The minimum Gasteiger partial charge on any atom is -0.493 e. The van der Waals surface area contributed by atoms with Crippen molar-refractivity contribution in [2.45, 2.75) is 25.9 Å². The number of pyridine rings is 1. The summed E-state index contributed by atoms with van der Waals surface area (Å²) in [5.41, 5.74) is 9.09. The number of nitrogens with two attached hydrogens (primary N) is 1. The number of carbonyl (C=O) groups is 2. The number of aromatic nitrogens is 1. The summed E-state index contributed by atoms with van der Waals surface area (Å²) in [6, 6.07) is 16.5. The topological polar surface area (TPSA) is 112 Å². The number of carbonyl (C=O) groups excluding carboxylic acids is 2. The van der Waals surface area contributed by atoms with Crippen LogP contribution in [-0.2, 0) is 4.79 Å². The van der Waals surface area contributed by atoms with E-state index in [-0.39, 0.29) is 25.2 Å². The Morgan fingerprint density at radius 1 is 1.11 bits per heavy atom. The van der Waals surface area contributed by atoms with Crippen LogP contribution in [0.15, 0.2) is 60.0 Å². The van der Waals surface area contributed by atoms with E-state index in [0.717, 1.165) is 16.6 Å². The summed E-state index contributed by atoms with van der Waals surface area (Å²) in [4.78, 5) is 28.4. The van der Waals surface area contributed by atoms with Crippen molar-refractivity contribution in [2.24, 2.45) is 5.73 Å². The van der Waals surface area contributed by atoms with Gasteiger partial charge in [0.1, 0.15) is 0 Å². The summed E-state index contributed by atoms with van der Waals surface area (Å²) < 4.78 is 11.8. The van der Waals surface area contributed by atoms with Crippen LogP contribution in [0.1, 0.15) is 40.6 Å². The van der Waals surface area contributed by atoms with E-state index in [4.69, 9.17) is 20.2 Å². The zero-order valence-corrected chi connectivity index (χ0v) is 20.3. The van der Waals surface area contributed by atoms with Crippen molar-refractivity contribution in [3.05, 3.63) is 76.8 Å². The first-order valence-corrected chi connectivity index (χ1v) is 12.0. The molecule has 2 heterocycles. The van der Waals surface area contributed by atoms with Crippen molar-refractivity contribution in [2.75, 3.05) is 13.7 Å². The minimum absolute atomic E-state index is 0.123. The molecule has 180 valence electrons. The molecule has 0 bridgehead atoms. The lowest BCUT2D eigenvalue weighted by Crippen LogP contribution is -2.20. The van der Waals surface area contributed by atoms with Crippen LogP contribution < -0.4 is 15.2 Å². The summed E-state index contributed by atoms with van der Waals surface area (Å²) >= 11 is 1.68. The number of aryl methyl sites for hydroxylation is 1. The Kier molecular flexibility index (Phi) is 7.43. The first kappa shape index (κ1) is 24.4. The smallest absolute Gasteiger partial charge is 0.255 e. The SMILES string of the molecule is COc1cc(C(=O)CCC(O)c2cccc(-c3csc4c(C)cccc34)n2)ccc1OCC(N)=O. The number of benzene rings is 2. The standard InChI is InChI=1S/C27H26N2O5S/c1-16-5-3-6-18-19(15-35-27(16)18)20-7-4-8-21(29-20)23(31)11-10-22(30)17-9-12-24(25(13-17)33-2)34-14-26(28)32/h3-9,12-13,15,23,31H,10-11,14H2,1-2H3,(H2,28,32). The maximum absolute atomic E-state index is 12.8. The third-order valence-corrected chi connectivity index (χ3v) is 6.82. The molecular weight excluding hydrogens is 464 g/mol. The van der Waals surface area contributed by atoms with Gasteiger partial charge < -0.3 is 20.3 Å². The molecule has 2 aromatic heterocycles. The van der Waals surface area contributed by atoms with E-state index in [1.807, 2.05) is 18.2 Å². The predicted octanol–water partition coefficient (Wildman–Crippen LogP) is 4.84. The molecular formula is C27H26N2O5S. The molecule has 35 heavy (non-hydrogen) atoms. The molecule has 0 saturated heterocycles. The number of rotatable bonds is 10. The van der Waals surface area contributed by atoms with Gasteiger partial charge >= 0.3 is 0 Å². The van der Waals surface area contributed by atoms with Crippen LogP contribution in [0, 0.1) is 6.92 Å². The van der Waals surface area contributed by atoms with Crippen LogP contribution in [0.2, 0.25) is 0 Å². The van der Waals surface area contributed by atoms with Crippen LogP contribution in [-0.4, -0.2) is 35.5 Å². The van der Waals surface area contributed by atoms with Crippen LogP contribution in [0.5, 0.6) is 11.5 Å². The lowest BCUT2D eigenvalue weighted by Gasteiger charge is -2.13. The monoisotopic (exact) mass is 490 g/mol. The molecule has 7 nitrogen and oxygen atoms in total. The highest BCUT2D eigenvalue weighted by Crippen LogP contribution is 2.35. The van der Waals surface area contributed by atoms with Crippen molar-refractivity contribution in [1.82, 2.24) is 4.98 Å². The highest BCUT2D eigenvalue weighted by Gasteiger charge is 2.17. The zero-order valence-electron chi connectivity index (χ0n) is 19.5. The largest absolute Gasteiger partial charge is 0.493 e. The van der Waals surface area contributed by atoms with Crippen molar-refractivity contribution in [1.29, 1.82) is 0 Å². The van der Waals surface area contributed by atoms with Crippen molar-refractivity contribution < 1.29 is 24.2 Å². The fourth-order valence-corrected chi connectivity index (χ4v) is 4.90. The molecule has 8 heteroatoms. The van der Waals surface area contributed by atoms with Gasteiger partial charge in [0.25, 0.3) is 5.91 Å². The maximum Gasteiger partial charge on any atom is 0.255 e. The molecule has 2 aromatic carbocycles. The summed E-state index contributed by atoms with van der Waals surface area (Å²) in [5, 5.41) is 14.0. The second-order valence-corrected chi connectivity index (χ2v) is 9.03. The van der Waals surface area contributed by atoms with Gasteiger partial charge in [-0.25, -0.2) is 0 Å². The molecule has 0 radical (unpaired) electrons. The van der Waals surface area contributed by atoms with Crippen molar-refractivity contribution in [3.63, 3.8) is 0 Å². The number of methoxy groups -OCH3 is 1. The van der Waals surface area contributed by atoms with Crippen LogP contribution in [0.3, 0.4) is 0 Å². The second-order valence-electron chi connectivity index (χ2n) is 8.15. The van der Waals surface area contributed by atoms with Crippen molar-refractivity contribution >= 4 is 33.1 Å². The van der Waals surface area contributed by atoms with E-state index in [0.29, 0.717) is 22.8 Å². The number of Topliss-reactive ketones (excluding diaryl/α,β-unsaturated/α-hetero) is 1. The van der Waals surface area contributed by atoms with Gasteiger partial charge in [0, 0.05) is 33.0 Å². The molecule has 4 aromatic rings. The number of thiophene rings is 1. The molecule has 0 fully saturated rings. The van der Waals surface area contributed by atoms with Crippen LogP contribution in [0.25, 0.3) is 21.3 Å². The number of aliphatic hydroxyl groups is 1. The molecule has 0 aliphatic rings. The van der Waals surface area contributed by atoms with E-state index in [1.54, 1.807) is 35.6 Å². The Labute approximate surface area is 207 Å². The average molecular weight is 491 g/mol. The number of ketones is 1. The Morgan fingerprint density at radius 2 is 1.91 bits per heavy atom. The van der Waals surface area contributed by atoms with Gasteiger partial charge in [0.2, 0.25) is 0 Å². The Morgan fingerprint density at radius 3 is 2.69 bits per heavy atom. The molecule has 1 amide bonds. The highest BCUT2D eigenvalue weighted by atomic mass is 32.1. The third-order valence-electron chi connectivity index (χ3n) is 5.69. The lowest BCUT2D eigenvalue weighted by atomic mass is 10.0. The van der Waals surface area contributed by atoms with E-state index < -0.39 is 12.0 Å². The number of ether oxygens (including phenoxy) is 2. The molecule has 1 unspecified atom stereocenters. The van der Waals surface area contributed by atoms with E-state index in [9.17, 15) is 14.7 Å². The molecule has 4 rings (SSSR count). The first-order chi connectivity index (χ1) is 16.9. The molecule has 0 saturated carbocycles. The van der Waals surface area contributed by atoms with E-state index in [2.05, 4.69) is 24.4 Å². The summed E-state index contributed by atoms with van der Waals surface area (Å²) in [5.74, 6) is -0.120. The lowest BCUT2D eigenvalue weighted by molar-refractivity contribution is -0.119. The number of hydrogen-bond acceptors (Lipinski definition) is 7. The summed E-state index contributed by atoms with van der Waals surface area (Å²) in [6.45, 7) is 1.80. The van der Waals surface area contributed by atoms with Crippen molar-refractivity contribution in [3.8, 4) is 22.8 Å². The van der Waals surface area contributed by atoms with Gasteiger partial charge in [0.05, 0.1) is 24.6 Å². The Balaban J connectivity index is 1.45. The Hall–Kier alpha value is -3.75. The second kappa shape index (κ2) is 10.7. The highest BCUT2D eigenvalue weighted by molar-refractivity contribution is 7.18. The fraction of sp³-hybridized carbons (Fsp3) is 0.222. The van der Waals surface area contributed by atoms with Gasteiger partial charge in [-0.2, -0.15) is 0 Å². The average Bonchev–Trinajstić information content (AvgIpc) is 3.31. The zero-order chi connectivity index (χ0) is 24.9. The predicted molar refractivity (Wildman–Crippen MR) is 136 cm³/mol. The molecule has 0 spiro atoms. The number of primary amides is 1. The van der Waals surface area contributed by atoms with Gasteiger partial charge in [-0.1, -0.05) is 24.3 Å². The molecule has 1 atom stereocenters. The quantitative estimate of drug-likeness (QED) is 0.308. The number of nitrogens with zero attached hydrogens (tertiary/aromatic N) is 1. The Bertz CT molecular complexity index is 1380. The van der Waals surface area contributed by atoms with Crippen LogP contribution in [0.4, 0.5) is 0 Å². The third kappa shape index (κ3) is 5.50. The normalized spacial score (nSPS) is 11.9. The maximum atomic E-state index is 12.8. The number of aliphatic hydroxyl groups excluding tert-OH is 1. The number of amides is 1. The van der Waals surface area contributed by atoms with Gasteiger partial charge in [-0.3, -0.25) is 14.6 Å². The number of fused-ring (bicyclic) bond motifs is 1. The number of hydrogen-bond donors (Lipinski definition) is 2.